The molecular weight excluding hydrogens is 440 g/mol. The Labute approximate surface area is 205 Å². The van der Waals surface area contributed by atoms with E-state index in [4.69, 9.17) is 0 Å². The first kappa shape index (κ1) is 23.3. The van der Waals surface area contributed by atoms with Gasteiger partial charge in [-0.3, -0.25) is 19.4 Å². The first-order valence-electron chi connectivity index (χ1n) is 12.6. The van der Waals surface area contributed by atoms with Crippen molar-refractivity contribution in [3.05, 3.63) is 53.6 Å². The standard InChI is InChI=1S/C27H34N6O2/c1-16-23(17(2)32-31-16)20-10-12-21(13-11-20)29-27(35)25(30-26(34)22-14-15-28-33(22)3)24(18-6-4-7-18)19-8-5-9-19/h10-15,18-19,24-25H,4-9H2,1-3H3,(H,29,35)(H,30,34)(H,31,32)/t25-/m0/s1. The molecule has 8 nitrogen and oxygen atoms in total. The first-order valence-corrected chi connectivity index (χ1v) is 12.6. The number of aryl methyl sites for hydroxylation is 3. The molecule has 3 N–H and O–H groups in total. The van der Waals surface area contributed by atoms with Gasteiger partial charge in [0.1, 0.15) is 11.7 Å². The average Bonchev–Trinajstić information content (AvgIpc) is 3.34. The summed E-state index contributed by atoms with van der Waals surface area (Å²) in [6, 6.07) is 8.94. The quantitative estimate of drug-likeness (QED) is 0.451. The van der Waals surface area contributed by atoms with E-state index >= 15 is 0 Å². The Hall–Kier alpha value is -3.42. The first-order chi connectivity index (χ1) is 16.9. The topological polar surface area (TPSA) is 105 Å². The smallest absolute Gasteiger partial charge is 0.270 e. The molecule has 2 fully saturated rings. The van der Waals surface area contributed by atoms with E-state index in [0.717, 1.165) is 53.9 Å². The fourth-order valence-electron chi connectivity index (χ4n) is 5.64. The molecule has 3 aromatic rings. The number of H-pyrrole nitrogens is 1. The van der Waals surface area contributed by atoms with Gasteiger partial charge in [-0.2, -0.15) is 10.2 Å². The van der Waals surface area contributed by atoms with Crippen LogP contribution in [0.1, 0.15) is 60.4 Å². The van der Waals surface area contributed by atoms with E-state index in [-0.39, 0.29) is 17.7 Å². The minimum atomic E-state index is -0.578. The molecule has 35 heavy (non-hydrogen) atoms. The summed E-state index contributed by atoms with van der Waals surface area (Å²) < 4.78 is 1.55. The Balaban J connectivity index is 1.38. The molecule has 0 spiro atoms. The predicted molar refractivity (Wildman–Crippen MR) is 135 cm³/mol. The summed E-state index contributed by atoms with van der Waals surface area (Å²) in [4.78, 5) is 26.8. The molecule has 8 heteroatoms. The van der Waals surface area contributed by atoms with Crippen LogP contribution in [0.15, 0.2) is 36.5 Å². The highest BCUT2D eigenvalue weighted by Crippen LogP contribution is 2.46. The Morgan fingerprint density at radius 2 is 1.69 bits per heavy atom. The second kappa shape index (κ2) is 9.68. The molecule has 2 aromatic heterocycles. The van der Waals surface area contributed by atoms with Gasteiger partial charge in [0.2, 0.25) is 5.91 Å². The summed E-state index contributed by atoms with van der Waals surface area (Å²) in [5, 5.41) is 17.6. The van der Waals surface area contributed by atoms with E-state index in [0.29, 0.717) is 17.5 Å². The van der Waals surface area contributed by atoms with E-state index in [1.807, 2.05) is 38.1 Å². The molecule has 0 aliphatic heterocycles. The molecule has 2 aliphatic rings. The lowest BCUT2D eigenvalue weighted by Gasteiger charge is -2.46. The van der Waals surface area contributed by atoms with Crippen molar-refractivity contribution in [2.24, 2.45) is 24.8 Å². The van der Waals surface area contributed by atoms with Gasteiger partial charge in [0, 0.05) is 30.2 Å². The molecular formula is C27H34N6O2. The normalized spacial score (nSPS) is 17.0. The van der Waals surface area contributed by atoms with Crippen LogP contribution in [0, 0.1) is 31.6 Å². The van der Waals surface area contributed by atoms with Crippen molar-refractivity contribution in [1.29, 1.82) is 0 Å². The molecule has 184 valence electrons. The van der Waals surface area contributed by atoms with Crippen molar-refractivity contribution in [3.8, 4) is 11.1 Å². The van der Waals surface area contributed by atoms with Crippen LogP contribution < -0.4 is 10.6 Å². The summed E-state index contributed by atoms with van der Waals surface area (Å²) in [6.45, 7) is 3.98. The number of aromatic nitrogens is 4. The second-order valence-corrected chi connectivity index (χ2v) is 10.1. The van der Waals surface area contributed by atoms with Crippen LogP contribution in [0.4, 0.5) is 5.69 Å². The number of anilines is 1. The predicted octanol–water partition coefficient (Wildman–Crippen LogP) is 4.38. The maximum Gasteiger partial charge on any atom is 0.270 e. The SMILES string of the molecule is Cc1n[nH]c(C)c1-c1ccc(NC(=O)[C@@H](NC(=O)c2ccnn2C)C(C2CCC2)C2CCC2)cc1. The molecule has 1 aromatic carbocycles. The molecule has 2 amide bonds. The zero-order valence-electron chi connectivity index (χ0n) is 20.7. The Bertz CT molecular complexity index is 1170. The van der Waals surface area contributed by atoms with E-state index in [1.54, 1.807) is 24.0 Å². The third-order valence-electron chi connectivity index (χ3n) is 7.97. The fourth-order valence-corrected chi connectivity index (χ4v) is 5.64. The molecule has 2 saturated carbocycles. The maximum atomic E-state index is 13.7. The summed E-state index contributed by atoms with van der Waals surface area (Å²) in [5.41, 5.74) is 5.27. The molecule has 0 radical (unpaired) electrons. The molecule has 0 unspecified atom stereocenters. The van der Waals surface area contributed by atoms with Crippen molar-refractivity contribution < 1.29 is 9.59 Å². The van der Waals surface area contributed by atoms with Crippen LogP contribution in [-0.2, 0) is 11.8 Å². The maximum absolute atomic E-state index is 13.7. The Kier molecular flexibility index (Phi) is 6.45. The number of nitrogens with one attached hydrogen (secondary N) is 3. The van der Waals surface area contributed by atoms with Crippen LogP contribution in [0.5, 0.6) is 0 Å². The number of aromatic amines is 1. The van der Waals surface area contributed by atoms with Gasteiger partial charge in [-0.05, 0) is 55.4 Å². The van der Waals surface area contributed by atoms with Crippen molar-refractivity contribution in [3.63, 3.8) is 0 Å². The fraction of sp³-hybridized carbons (Fsp3) is 0.481. The lowest BCUT2D eigenvalue weighted by molar-refractivity contribution is -0.121. The van der Waals surface area contributed by atoms with Crippen LogP contribution in [-0.4, -0.2) is 37.8 Å². The van der Waals surface area contributed by atoms with Gasteiger partial charge in [-0.25, -0.2) is 0 Å². The largest absolute Gasteiger partial charge is 0.339 e. The number of carbonyl (C=O) groups is 2. The molecule has 2 heterocycles. The number of rotatable bonds is 8. The third-order valence-corrected chi connectivity index (χ3v) is 7.97. The van der Waals surface area contributed by atoms with Crippen LogP contribution in [0.25, 0.3) is 11.1 Å². The number of carbonyl (C=O) groups excluding carboxylic acids is 2. The van der Waals surface area contributed by atoms with Gasteiger partial charge in [-0.15, -0.1) is 0 Å². The average molecular weight is 475 g/mol. The minimum Gasteiger partial charge on any atom is -0.339 e. The van der Waals surface area contributed by atoms with Crippen LogP contribution >= 0.6 is 0 Å². The monoisotopic (exact) mass is 474 g/mol. The number of nitrogens with zero attached hydrogens (tertiary/aromatic N) is 3. The third kappa shape index (κ3) is 4.61. The summed E-state index contributed by atoms with van der Waals surface area (Å²) in [5.74, 6) is 0.725. The molecule has 2 aliphatic carbocycles. The highest BCUT2D eigenvalue weighted by Gasteiger charge is 2.44. The zero-order valence-corrected chi connectivity index (χ0v) is 20.7. The minimum absolute atomic E-state index is 0.146. The molecule has 1 atom stereocenters. The summed E-state index contributed by atoms with van der Waals surface area (Å²) >= 11 is 0. The Morgan fingerprint density at radius 3 is 2.17 bits per heavy atom. The van der Waals surface area contributed by atoms with Crippen molar-refractivity contribution in [2.75, 3.05) is 5.32 Å². The lowest BCUT2D eigenvalue weighted by atomic mass is 9.62. The highest BCUT2D eigenvalue weighted by molar-refractivity contribution is 6.00. The van der Waals surface area contributed by atoms with E-state index in [2.05, 4.69) is 25.9 Å². The van der Waals surface area contributed by atoms with Crippen molar-refractivity contribution in [2.45, 2.75) is 58.4 Å². The van der Waals surface area contributed by atoms with E-state index in [9.17, 15) is 9.59 Å². The van der Waals surface area contributed by atoms with Crippen molar-refractivity contribution in [1.82, 2.24) is 25.3 Å². The van der Waals surface area contributed by atoms with Crippen LogP contribution in [0.3, 0.4) is 0 Å². The molecule has 0 saturated heterocycles. The number of amides is 2. The highest BCUT2D eigenvalue weighted by atomic mass is 16.2. The van der Waals surface area contributed by atoms with Gasteiger partial charge < -0.3 is 10.6 Å². The number of hydrogen-bond donors (Lipinski definition) is 3. The second-order valence-electron chi connectivity index (χ2n) is 10.1. The summed E-state index contributed by atoms with van der Waals surface area (Å²) in [7, 11) is 1.74. The van der Waals surface area contributed by atoms with Gasteiger partial charge in [0.05, 0.1) is 5.69 Å². The summed E-state index contributed by atoms with van der Waals surface area (Å²) in [6.07, 6.45) is 8.52. The van der Waals surface area contributed by atoms with Crippen molar-refractivity contribution >= 4 is 17.5 Å². The number of hydrogen-bond acceptors (Lipinski definition) is 4. The van der Waals surface area contributed by atoms with Gasteiger partial charge in [0.25, 0.3) is 5.91 Å². The van der Waals surface area contributed by atoms with E-state index < -0.39 is 6.04 Å². The van der Waals surface area contributed by atoms with Gasteiger partial charge in [0.15, 0.2) is 0 Å². The Morgan fingerprint density at radius 1 is 1.03 bits per heavy atom. The number of benzene rings is 1. The zero-order chi connectivity index (χ0) is 24.5. The lowest BCUT2D eigenvalue weighted by Crippen LogP contribution is -2.54. The van der Waals surface area contributed by atoms with Gasteiger partial charge >= 0.3 is 0 Å². The van der Waals surface area contributed by atoms with Crippen LogP contribution in [0.2, 0.25) is 0 Å². The van der Waals surface area contributed by atoms with E-state index in [1.165, 1.54) is 12.8 Å². The molecule has 0 bridgehead atoms. The molecule has 5 rings (SSSR count). The van der Waals surface area contributed by atoms with Gasteiger partial charge in [-0.1, -0.05) is 50.7 Å².